The lowest BCUT2D eigenvalue weighted by Crippen LogP contribution is -2.44. The maximum atomic E-state index is 9.84. The van der Waals surface area contributed by atoms with Crippen LogP contribution in [0.5, 0.6) is 0 Å². The van der Waals surface area contributed by atoms with Gasteiger partial charge in [-0.3, -0.25) is 0 Å². The summed E-state index contributed by atoms with van der Waals surface area (Å²) in [6, 6.07) is 7.83. The largest absolute Gasteiger partial charge is 0.389 e. The zero-order valence-electron chi connectivity index (χ0n) is 10.8. The van der Waals surface area contributed by atoms with Gasteiger partial charge in [0, 0.05) is 23.8 Å². The Labute approximate surface area is 107 Å². The molecule has 4 nitrogen and oxygen atoms in total. The van der Waals surface area contributed by atoms with Crippen LogP contribution in [0.1, 0.15) is 31.1 Å². The van der Waals surface area contributed by atoms with Gasteiger partial charge in [0.05, 0.1) is 31.0 Å². The summed E-state index contributed by atoms with van der Waals surface area (Å²) in [5.74, 6) is 0. The number of aliphatic hydroxyl groups is 1. The number of hydrogen-bond acceptors (Lipinski definition) is 4. The normalized spacial score (nSPS) is 21.4. The highest BCUT2D eigenvalue weighted by molar-refractivity contribution is 5.59. The molecule has 2 rings (SSSR count). The second-order valence-electron chi connectivity index (χ2n) is 4.68. The maximum Gasteiger partial charge on any atom is 0.0992 e. The molecule has 18 heavy (non-hydrogen) atoms. The molecule has 0 bridgehead atoms. The molecule has 0 aliphatic carbocycles. The van der Waals surface area contributed by atoms with Gasteiger partial charge in [-0.25, -0.2) is 0 Å². The molecular weight excluding hydrogens is 228 g/mol. The Kier molecular flexibility index (Phi) is 3.85. The van der Waals surface area contributed by atoms with Gasteiger partial charge >= 0.3 is 0 Å². The van der Waals surface area contributed by atoms with E-state index >= 15 is 0 Å². The fourth-order valence-electron chi connectivity index (χ4n) is 2.30. The summed E-state index contributed by atoms with van der Waals surface area (Å²) in [6.45, 7) is 5.98. The highest BCUT2D eigenvalue weighted by atomic mass is 16.5. The summed E-state index contributed by atoms with van der Waals surface area (Å²) >= 11 is 0. The van der Waals surface area contributed by atoms with Crippen molar-refractivity contribution >= 4 is 5.69 Å². The zero-order valence-corrected chi connectivity index (χ0v) is 10.8. The quantitative estimate of drug-likeness (QED) is 0.865. The Bertz CT molecular complexity index is 465. The molecule has 1 heterocycles. The lowest BCUT2D eigenvalue weighted by atomic mass is 10.0. The molecule has 1 aromatic rings. The standard InChI is InChI=1S/C14H18N2O2/c1-10-9-18-6-5-16(10)14-7-12(8-15)3-4-13(14)11(2)17/h3-4,7,10-11,17H,5-6,9H2,1-2H3/t10?,11-/m1/s1. The van der Waals surface area contributed by atoms with E-state index in [2.05, 4.69) is 17.9 Å². The van der Waals surface area contributed by atoms with E-state index in [1.165, 1.54) is 0 Å². The van der Waals surface area contributed by atoms with Crippen LogP contribution in [0.4, 0.5) is 5.69 Å². The Balaban J connectivity index is 2.42. The third-order valence-electron chi connectivity index (χ3n) is 3.29. The minimum absolute atomic E-state index is 0.255. The number of benzene rings is 1. The topological polar surface area (TPSA) is 56.5 Å². The van der Waals surface area contributed by atoms with E-state index in [1.807, 2.05) is 12.1 Å². The molecule has 0 aromatic heterocycles. The van der Waals surface area contributed by atoms with Crippen LogP contribution >= 0.6 is 0 Å². The first-order valence-corrected chi connectivity index (χ1v) is 6.20. The minimum atomic E-state index is -0.539. The summed E-state index contributed by atoms with van der Waals surface area (Å²) in [5, 5.41) is 18.8. The molecule has 0 spiro atoms. The summed E-state index contributed by atoms with van der Waals surface area (Å²) < 4.78 is 5.42. The number of rotatable bonds is 2. The van der Waals surface area contributed by atoms with Crippen LogP contribution in [0.2, 0.25) is 0 Å². The number of anilines is 1. The monoisotopic (exact) mass is 246 g/mol. The van der Waals surface area contributed by atoms with Gasteiger partial charge in [-0.15, -0.1) is 0 Å². The molecular formula is C14H18N2O2. The van der Waals surface area contributed by atoms with Crippen molar-refractivity contribution in [2.45, 2.75) is 26.0 Å². The van der Waals surface area contributed by atoms with Gasteiger partial charge in [-0.05, 0) is 26.0 Å². The number of nitriles is 1. The Morgan fingerprint density at radius 3 is 2.94 bits per heavy atom. The van der Waals surface area contributed by atoms with E-state index in [9.17, 15) is 5.11 Å². The smallest absolute Gasteiger partial charge is 0.0992 e. The summed E-state index contributed by atoms with van der Waals surface area (Å²) in [7, 11) is 0. The van der Waals surface area contributed by atoms with Crippen molar-refractivity contribution in [2.75, 3.05) is 24.7 Å². The summed E-state index contributed by atoms with van der Waals surface area (Å²) in [6.07, 6.45) is -0.539. The van der Waals surface area contributed by atoms with Crippen molar-refractivity contribution in [3.8, 4) is 6.07 Å². The van der Waals surface area contributed by atoms with Crippen molar-refractivity contribution in [3.05, 3.63) is 29.3 Å². The molecule has 0 saturated carbocycles. The molecule has 4 heteroatoms. The highest BCUT2D eigenvalue weighted by Crippen LogP contribution is 2.30. The maximum absolute atomic E-state index is 9.84. The minimum Gasteiger partial charge on any atom is -0.389 e. The number of aliphatic hydroxyl groups excluding tert-OH is 1. The lowest BCUT2D eigenvalue weighted by Gasteiger charge is -2.37. The fourth-order valence-corrected chi connectivity index (χ4v) is 2.30. The Hall–Kier alpha value is -1.57. The second-order valence-corrected chi connectivity index (χ2v) is 4.68. The number of ether oxygens (including phenoxy) is 1. The van der Waals surface area contributed by atoms with Gasteiger partial charge < -0.3 is 14.7 Å². The molecule has 1 aromatic carbocycles. The average Bonchev–Trinajstić information content (AvgIpc) is 2.38. The molecule has 0 amide bonds. The molecule has 1 unspecified atom stereocenters. The van der Waals surface area contributed by atoms with Gasteiger partial charge in [0.25, 0.3) is 0 Å². The average molecular weight is 246 g/mol. The van der Waals surface area contributed by atoms with Gasteiger partial charge in [0.15, 0.2) is 0 Å². The van der Waals surface area contributed by atoms with E-state index in [1.54, 1.807) is 13.0 Å². The third kappa shape index (κ3) is 2.47. The van der Waals surface area contributed by atoms with E-state index in [4.69, 9.17) is 10.00 Å². The van der Waals surface area contributed by atoms with E-state index in [0.29, 0.717) is 18.8 Å². The molecule has 2 atom stereocenters. The summed E-state index contributed by atoms with van der Waals surface area (Å²) in [4.78, 5) is 2.20. The van der Waals surface area contributed by atoms with Crippen LogP contribution < -0.4 is 4.90 Å². The molecule has 1 aliphatic rings. The van der Waals surface area contributed by atoms with Crippen molar-refractivity contribution in [2.24, 2.45) is 0 Å². The predicted octanol–water partition coefficient (Wildman–Crippen LogP) is 1.84. The first-order chi connectivity index (χ1) is 8.63. The number of morpholine rings is 1. The van der Waals surface area contributed by atoms with Crippen molar-refractivity contribution in [1.29, 1.82) is 5.26 Å². The van der Waals surface area contributed by atoms with Crippen LogP contribution in [0, 0.1) is 11.3 Å². The van der Waals surface area contributed by atoms with Crippen molar-refractivity contribution < 1.29 is 9.84 Å². The molecule has 96 valence electrons. The molecule has 1 aliphatic heterocycles. The Morgan fingerprint density at radius 1 is 1.56 bits per heavy atom. The van der Waals surface area contributed by atoms with Crippen LogP contribution in [0.15, 0.2) is 18.2 Å². The molecule has 0 radical (unpaired) electrons. The Morgan fingerprint density at radius 2 is 2.33 bits per heavy atom. The van der Waals surface area contributed by atoms with Crippen LogP contribution in [-0.4, -0.2) is 30.9 Å². The van der Waals surface area contributed by atoms with Crippen LogP contribution in [0.25, 0.3) is 0 Å². The molecule has 1 fully saturated rings. The highest BCUT2D eigenvalue weighted by Gasteiger charge is 2.22. The van der Waals surface area contributed by atoms with Gasteiger partial charge in [-0.1, -0.05) is 6.07 Å². The predicted molar refractivity (Wildman–Crippen MR) is 69.4 cm³/mol. The zero-order chi connectivity index (χ0) is 13.1. The fraction of sp³-hybridized carbons (Fsp3) is 0.500. The first-order valence-electron chi connectivity index (χ1n) is 6.20. The van der Waals surface area contributed by atoms with E-state index < -0.39 is 6.10 Å². The van der Waals surface area contributed by atoms with E-state index in [-0.39, 0.29) is 6.04 Å². The van der Waals surface area contributed by atoms with Crippen molar-refractivity contribution in [1.82, 2.24) is 0 Å². The van der Waals surface area contributed by atoms with Gasteiger partial charge in [0.1, 0.15) is 0 Å². The van der Waals surface area contributed by atoms with Gasteiger partial charge in [-0.2, -0.15) is 5.26 Å². The van der Waals surface area contributed by atoms with Crippen LogP contribution in [-0.2, 0) is 4.74 Å². The van der Waals surface area contributed by atoms with E-state index in [0.717, 1.165) is 17.8 Å². The molecule has 1 saturated heterocycles. The third-order valence-corrected chi connectivity index (χ3v) is 3.29. The second kappa shape index (κ2) is 5.38. The van der Waals surface area contributed by atoms with Gasteiger partial charge in [0.2, 0.25) is 0 Å². The summed E-state index contributed by atoms with van der Waals surface area (Å²) in [5.41, 5.74) is 2.43. The number of hydrogen-bond donors (Lipinski definition) is 1. The molecule has 1 N–H and O–H groups in total. The number of nitrogens with zero attached hydrogens (tertiary/aromatic N) is 2. The van der Waals surface area contributed by atoms with Crippen molar-refractivity contribution in [3.63, 3.8) is 0 Å². The SMILES string of the molecule is CC1COCCN1c1cc(C#N)ccc1[C@@H](C)O. The lowest BCUT2D eigenvalue weighted by molar-refractivity contribution is 0.0984. The van der Waals surface area contributed by atoms with Crippen LogP contribution in [0.3, 0.4) is 0 Å². The first kappa shape index (κ1) is 12.9.